The van der Waals surface area contributed by atoms with Gasteiger partial charge in [-0.2, -0.15) is 4.79 Å². The molecule has 0 aliphatic rings. The van der Waals surface area contributed by atoms with E-state index in [0.29, 0.717) is 28.0 Å². The molecule has 0 saturated carbocycles. The molecular weight excluding hydrogens is 300 g/mol. The monoisotopic (exact) mass is 313 g/mol. The van der Waals surface area contributed by atoms with Crippen molar-refractivity contribution >= 4 is 16.7 Å². The third-order valence-corrected chi connectivity index (χ3v) is 3.50. The fourth-order valence-corrected chi connectivity index (χ4v) is 2.37. The number of ether oxygens (including phenoxy) is 1. The third-order valence-electron chi connectivity index (χ3n) is 3.50. The van der Waals surface area contributed by atoms with Gasteiger partial charge in [0.05, 0.1) is 17.4 Å². The summed E-state index contributed by atoms with van der Waals surface area (Å²) in [5, 5.41) is 11.5. The molecule has 0 N–H and O–H groups in total. The van der Waals surface area contributed by atoms with Crippen molar-refractivity contribution in [2.45, 2.75) is 6.92 Å². The van der Waals surface area contributed by atoms with Gasteiger partial charge < -0.3 is 9.15 Å². The molecule has 7 nitrogen and oxygen atoms in total. The van der Waals surface area contributed by atoms with E-state index in [9.17, 15) is 14.9 Å². The molecule has 1 aromatic heterocycles. The molecule has 3 aromatic rings. The van der Waals surface area contributed by atoms with Gasteiger partial charge in [-0.1, -0.05) is 4.57 Å². The van der Waals surface area contributed by atoms with Crippen LogP contribution in [0.15, 0.2) is 51.8 Å². The van der Waals surface area contributed by atoms with Gasteiger partial charge in [0.15, 0.2) is 11.8 Å². The molecular formula is C16H13N2O5+. The van der Waals surface area contributed by atoms with Crippen molar-refractivity contribution in [3.63, 3.8) is 0 Å². The lowest BCUT2D eigenvalue weighted by molar-refractivity contribution is -0.623. The second-order valence-corrected chi connectivity index (χ2v) is 5.00. The number of nitrogens with zero attached hydrogens (tertiary/aromatic N) is 2. The summed E-state index contributed by atoms with van der Waals surface area (Å²) < 4.78 is 11.7. The lowest BCUT2D eigenvalue weighted by Crippen LogP contribution is -2.46. The summed E-state index contributed by atoms with van der Waals surface area (Å²) >= 11 is 0. The molecule has 0 amide bonds. The van der Waals surface area contributed by atoms with Gasteiger partial charge in [0.2, 0.25) is 5.69 Å². The Balaban J connectivity index is 2.23. The summed E-state index contributed by atoms with van der Waals surface area (Å²) in [6.45, 7) is 1.66. The Labute approximate surface area is 130 Å². The average molecular weight is 313 g/mol. The quantitative estimate of drug-likeness (QED) is 0.420. The zero-order chi connectivity index (χ0) is 16.6. The summed E-state index contributed by atoms with van der Waals surface area (Å²) in [7, 11) is 1.55. The van der Waals surface area contributed by atoms with Gasteiger partial charge in [-0.3, -0.25) is 10.1 Å². The highest BCUT2D eigenvalue weighted by molar-refractivity contribution is 5.81. The molecule has 7 heteroatoms. The number of nitro benzene ring substituents is 1. The first kappa shape index (κ1) is 14.7. The highest BCUT2D eigenvalue weighted by Gasteiger charge is 2.19. The maximum Gasteiger partial charge on any atom is 0.608 e. The molecule has 0 aliphatic heterocycles. The van der Waals surface area contributed by atoms with E-state index in [1.165, 1.54) is 22.9 Å². The number of methoxy groups -OCH3 is 1. The van der Waals surface area contributed by atoms with E-state index in [-0.39, 0.29) is 5.69 Å². The second-order valence-electron chi connectivity index (χ2n) is 5.00. The Morgan fingerprint density at radius 2 is 1.91 bits per heavy atom. The van der Waals surface area contributed by atoms with Crippen LogP contribution in [-0.4, -0.2) is 12.0 Å². The predicted molar refractivity (Wildman–Crippen MR) is 82.0 cm³/mol. The van der Waals surface area contributed by atoms with E-state index in [1.54, 1.807) is 38.3 Å². The van der Waals surface area contributed by atoms with Gasteiger partial charge in [0.25, 0.3) is 5.69 Å². The first-order chi connectivity index (χ1) is 11.0. The van der Waals surface area contributed by atoms with Crippen molar-refractivity contribution < 1.29 is 18.6 Å². The number of rotatable bonds is 3. The van der Waals surface area contributed by atoms with E-state index >= 15 is 0 Å². The number of non-ortho nitro benzene ring substituents is 1. The van der Waals surface area contributed by atoms with Crippen LogP contribution in [0.2, 0.25) is 0 Å². The minimum atomic E-state index is -0.570. The smallest absolute Gasteiger partial charge is 0.497 e. The summed E-state index contributed by atoms with van der Waals surface area (Å²) in [6, 6.07) is 9.58. The van der Waals surface area contributed by atoms with E-state index in [4.69, 9.17) is 9.15 Å². The van der Waals surface area contributed by atoms with E-state index in [2.05, 4.69) is 0 Å². The molecule has 0 radical (unpaired) electrons. The third kappa shape index (κ3) is 2.64. The van der Waals surface area contributed by atoms with Crippen molar-refractivity contribution in [1.82, 2.24) is 0 Å². The summed E-state index contributed by atoms with van der Waals surface area (Å²) in [4.78, 5) is 22.7. The lowest BCUT2D eigenvalue weighted by Gasteiger charge is -2.01. The number of hydrogen-bond acceptors (Lipinski definition) is 5. The van der Waals surface area contributed by atoms with Gasteiger partial charge in [0, 0.05) is 24.3 Å². The maximum atomic E-state index is 12.2. The molecule has 23 heavy (non-hydrogen) atoms. The average Bonchev–Trinajstić information content (AvgIpc) is 2.55. The number of aromatic nitrogens is 1. The molecule has 116 valence electrons. The minimum Gasteiger partial charge on any atom is -0.497 e. The van der Waals surface area contributed by atoms with Gasteiger partial charge in [-0.15, -0.1) is 0 Å². The summed E-state index contributed by atoms with van der Waals surface area (Å²) in [6.07, 6.45) is 1.53. The standard InChI is InChI=1S/C16H13N2O5/c1-10-7-13(18(20)21)8-11-9-17(16(19)23-15(10)11)12-3-5-14(22-2)6-4-12/h3-9H,1-2H3/q+1. The molecule has 1 heterocycles. The highest BCUT2D eigenvalue weighted by atomic mass is 16.6. The van der Waals surface area contributed by atoms with Crippen molar-refractivity contribution in [1.29, 1.82) is 0 Å². The summed E-state index contributed by atoms with van der Waals surface area (Å²) in [5.74, 6) is 0.0885. The van der Waals surface area contributed by atoms with Crippen molar-refractivity contribution in [2.75, 3.05) is 7.11 Å². The van der Waals surface area contributed by atoms with Crippen molar-refractivity contribution in [3.05, 3.63) is 68.8 Å². The molecule has 0 spiro atoms. The van der Waals surface area contributed by atoms with Crippen LogP contribution in [0, 0.1) is 17.0 Å². The topological polar surface area (TPSA) is 86.5 Å². The van der Waals surface area contributed by atoms with Crippen LogP contribution >= 0.6 is 0 Å². The lowest BCUT2D eigenvalue weighted by atomic mass is 10.1. The number of hydrogen-bond donors (Lipinski definition) is 0. The molecule has 0 unspecified atom stereocenters. The fourth-order valence-electron chi connectivity index (χ4n) is 2.37. The van der Waals surface area contributed by atoms with Gasteiger partial charge in [-0.05, 0) is 24.6 Å². The minimum absolute atomic E-state index is 0.0508. The predicted octanol–water partition coefficient (Wildman–Crippen LogP) is 2.29. The Bertz CT molecular complexity index is 961. The number of fused-ring (bicyclic) bond motifs is 1. The molecule has 0 aliphatic carbocycles. The van der Waals surface area contributed by atoms with Crippen LogP contribution in [0.1, 0.15) is 5.56 Å². The summed E-state index contributed by atoms with van der Waals surface area (Å²) in [5.41, 5.74) is 1.40. The van der Waals surface area contributed by atoms with Crippen LogP contribution in [0.25, 0.3) is 16.7 Å². The molecule has 2 aromatic carbocycles. The normalized spacial score (nSPS) is 10.7. The van der Waals surface area contributed by atoms with Crippen LogP contribution in [0.5, 0.6) is 5.75 Å². The molecule has 3 rings (SSSR count). The zero-order valence-electron chi connectivity index (χ0n) is 12.5. The fraction of sp³-hybridized carbons (Fsp3) is 0.125. The SMILES string of the molecule is COc1ccc(-[n+]2cc3cc([N+](=O)[O-])cc(C)c3oc2=O)cc1. The first-order valence-electron chi connectivity index (χ1n) is 6.78. The second kappa shape index (κ2) is 5.53. The van der Waals surface area contributed by atoms with Crippen LogP contribution in [0.4, 0.5) is 5.69 Å². The molecule has 0 bridgehead atoms. The zero-order valence-corrected chi connectivity index (χ0v) is 12.5. The van der Waals surface area contributed by atoms with Crippen LogP contribution in [0.3, 0.4) is 0 Å². The Morgan fingerprint density at radius 1 is 1.22 bits per heavy atom. The Kier molecular flexibility index (Phi) is 3.53. The first-order valence-corrected chi connectivity index (χ1v) is 6.78. The van der Waals surface area contributed by atoms with Crippen LogP contribution in [-0.2, 0) is 0 Å². The highest BCUT2D eigenvalue weighted by Crippen LogP contribution is 2.23. The van der Waals surface area contributed by atoms with E-state index in [0.717, 1.165) is 0 Å². The van der Waals surface area contributed by atoms with Gasteiger partial charge in [-0.25, -0.2) is 0 Å². The van der Waals surface area contributed by atoms with Crippen molar-refractivity contribution in [2.24, 2.45) is 0 Å². The van der Waals surface area contributed by atoms with Gasteiger partial charge >= 0.3 is 5.76 Å². The van der Waals surface area contributed by atoms with E-state index < -0.39 is 10.7 Å². The number of benzene rings is 2. The number of aryl methyl sites for hydroxylation is 1. The van der Waals surface area contributed by atoms with Crippen molar-refractivity contribution in [3.8, 4) is 11.4 Å². The number of nitro groups is 1. The molecule has 0 saturated heterocycles. The largest absolute Gasteiger partial charge is 0.608 e. The maximum absolute atomic E-state index is 12.2. The van der Waals surface area contributed by atoms with Crippen LogP contribution < -0.4 is 15.1 Å². The Morgan fingerprint density at radius 3 is 2.52 bits per heavy atom. The van der Waals surface area contributed by atoms with E-state index in [1.807, 2.05) is 0 Å². The Hall–Kier alpha value is -3.22. The van der Waals surface area contributed by atoms with Gasteiger partial charge in [0.1, 0.15) is 5.75 Å². The molecule has 0 atom stereocenters. The molecule has 0 fully saturated rings.